The Morgan fingerprint density at radius 1 is 1.27 bits per heavy atom. The molecule has 2 aromatic heterocycles. The molecule has 0 radical (unpaired) electrons. The van der Waals surface area contributed by atoms with Gasteiger partial charge in [0.1, 0.15) is 5.75 Å². The molecule has 0 aliphatic heterocycles. The Balaban J connectivity index is 1.86. The Morgan fingerprint density at radius 2 is 2.05 bits per heavy atom. The van der Waals surface area contributed by atoms with E-state index < -0.39 is 4.92 Å². The van der Waals surface area contributed by atoms with Crippen LogP contribution in [0, 0.1) is 10.1 Å². The van der Waals surface area contributed by atoms with Gasteiger partial charge in [0, 0.05) is 12.6 Å². The number of hydrogen-bond donors (Lipinski definition) is 1. The first kappa shape index (κ1) is 13.9. The third kappa shape index (κ3) is 2.56. The van der Waals surface area contributed by atoms with Gasteiger partial charge in [-0.05, 0) is 28.7 Å². The lowest BCUT2D eigenvalue weighted by atomic mass is 10.2. The van der Waals surface area contributed by atoms with Gasteiger partial charge in [0.2, 0.25) is 11.5 Å². The van der Waals surface area contributed by atoms with E-state index in [0.29, 0.717) is 12.2 Å². The molecule has 0 aliphatic rings. The molecule has 2 heterocycles. The summed E-state index contributed by atoms with van der Waals surface area (Å²) in [5, 5.41) is 14.3. The molecule has 0 spiro atoms. The lowest BCUT2D eigenvalue weighted by Crippen LogP contribution is -2.03. The second-order valence-electron chi connectivity index (χ2n) is 4.67. The number of nitrogens with zero attached hydrogens (tertiary/aromatic N) is 3. The third-order valence-electron chi connectivity index (χ3n) is 3.30. The van der Waals surface area contributed by atoms with Crippen molar-refractivity contribution < 1.29 is 9.66 Å². The fraction of sp³-hybridized carbons (Fsp3) is 0.133. The van der Waals surface area contributed by atoms with Crippen LogP contribution in [0.15, 0.2) is 48.7 Å². The Kier molecular flexibility index (Phi) is 3.61. The third-order valence-corrected chi connectivity index (χ3v) is 3.30. The van der Waals surface area contributed by atoms with E-state index in [1.807, 2.05) is 24.3 Å². The van der Waals surface area contributed by atoms with Gasteiger partial charge in [0.15, 0.2) is 0 Å². The molecule has 0 aliphatic carbocycles. The van der Waals surface area contributed by atoms with E-state index in [-0.39, 0.29) is 11.6 Å². The number of aromatic nitrogens is 2. The zero-order valence-electron chi connectivity index (χ0n) is 11.9. The molecule has 0 saturated heterocycles. The van der Waals surface area contributed by atoms with Crippen LogP contribution in [0.2, 0.25) is 0 Å². The summed E-state index contributed by atoms with van der Waals surface area (Å²) < 4.78 is 6.55. The van der Waals surface area contributed by atoms with E-state index in [0.717, 1.165) is 11.3 Å². The highest BCUT2D eigenvalue weighted by molar-refractivity contribution is 5.62. The van der Waals surface area contributed by atoms with Gasteiger partial charge in [0.05, 0.1) is 13.3 Å². The molecule has 1 aromatic carbocycles. The average molecular weight is 298 g/mol. The van der Waals surface area contributed by atoms with Crippen LogP contribution in [-0.4, -0.2) is 21.4 Å². The monoisotopic (exact) mass is 298 g/mol. The largest absolute Gasteiger partial charge is 0.497 e. The Bertz CT molecular complexity index is 811. The van der Waals surface area contributed by atoms with Crippen LogP contribution < -0.4 is 10.1 Å². The van der Waals surface area contributed by atoms with Gasteiger partial charge in [-0.3, -0.25) is 0 Å². The maximum absolute atomic E-state index is 11.3. The summed E-state index contributed by atoms with van der Waals surface area (Å²) in [5.41, 5.74) is 1.51. The molecule has 0 bridgehead atoms. The minimum absolute atomic E-state index is 0.0656. The van der Waals surface area contributed by atoms with Crippen LogP contribution in [0.4, 0.5) is 11.6 Å². The number of imidazole rings is 1. The summed E-state index contributed by atoms with van der Waals surface area (Å²) in [6.45, 7) is 0.439. The Labute approximate surface area is 126 Å². The predicted octanol–water partition coefficient (Wildman–Crippen LogP) is 2.86. The summed E-state index contributed by atoms with van der Waals surface area (Å²) in [6, 6.07) is 12.7. The molecule has 3 rings (SSSR count). The maximum Gasteiger partial charge on any atom is 0.372 e. The van der Waals surface area contributed by atoms with Crippen LogP contribution in [0.1, 0.15) is 5.56 Å². The summed E-state index contributed by atoms with van der Waals surface area (Å²) in [4.78, 5) is 15.1. The van der Waals surface area contributed by atoms with Crippen LogP contribution in [0.3, 0.4) is 0 Å². The first-order chi connectivity index (χ1) is 10.7. The number of nitrogens with one attached hydrogen (secondary N) is 1. The van der Waals surface area contributed by atoms with Crippen molar-refractivity contribution in [2.45, 2.75) is 6.54 Å². The second kappa shape index (κ2) is 5.72. The molecule has 0 fully saturated rings. The Hall–Kier alpha value is -3.09. The molecule has 0 atom stereocenters. The van der Waals surface area contributed by atoms with Crippen molar-refractivity contribution in [2.75, 3.05) is 12.4 Å². The van der Waals surface area contributed by atoms with Gasteiger partial charge < -0.3 is 20.2 Å². The molecular formula is C15H14N4O3. The fourth-order valence-corrected chi connectivity index (χ4v) is 2.21. The molecule has 1 N–H and O–H groups in total. The summed E-state index contributed by atoms with van der Waals surface area (Å²) >= 11 is 0. The van der Waals surface area contributed by atoms with E-state index in [9.17, 15) is 10.1 Å². The van der Waals surface area contributed by atoms with E-state index in [1.165, 1.54) is 4.40 Å². The molecule has 7 nitrogen and oxygen atoms in total. The number of rotatable bonds is 5. The number of anilines is 1. The normalized spacial score (nSPS) is 10.6. The van der Waals surface area contributed by atoms with Crippen molar-refractivity contribution in [1.29, 1.82) is 0 Å². The number of methoxy groups -OCH3 is 1. The first-order valence-corrected chi connectivity index (χ1v) is 6.67. The molecule has 0 saturated carbocycles. The van der Waals surface area contributed by atoms with E-state index in [2.05, 4.69) is 10.3 Å². The van der Waals surface area contributed by atoms with E-state index in [4.69, 9.17) is 4.74 Å². The lowest BCUT2D eigenvalue weighted by Gasteiger charge is -2.05. The quantitative estimate of drug-likeness (QED) is 0.578. The van der Waals surface area contributed by atoms with Crippen molar-refractivity contribution in [1.82, 2.24) is 9.38 Å². The highest BCUT2D eigenvalue weighted by atomic mass is 16.6. The maximum atomic E-state index is 11.3. The van der Waals surface area contributed by atoms with Crippen molar-refractivity contribution in [3.8, 4) is 5.75 Å². The van der Waals surface area contributed by atoms with Gasteiger partial charge in [-0.2, -0.15) is 9.38 Å². The smallest absolute Gasteiger partial charge is 0.372 e. The topological polar surface area (TPSA) is 81.7 Å². The SMILES string of the molecule is COc1ccc(CNc2nc3ccccn3c2[N+](=O)[O-])cc1. The second-order valence-corrected chi connectivity index (χ2v) is 4.67. The van der Waals surface area contributed by atoms with Crippen molar-refractivity contribution in [3.63, 3.8) is 0 Å². The van der Waals surface area contributed by atoms with Crippen LogP contribution in [0.5, 0.6) is 5.75 Å². The molecule has 112 valence electrons. The Morgan fingerprint density at radius 3 is 2.73 bits per heavy atom. The number of nitro groups is 1. The highest BCUT2D eigenvalue weighted by Gasteiger charge is 2.21. The van der Waals surface area contributed by atoms with E-state index >= 15 is 0 Å². The van der Waals surface area contributed by atoms with Crippen molar-refractivity contribution >= 4 is 17.3 Å². The molecule has 7 heteroatoms. The standard InChI is InChI=1S/C15H14N4O3/c1-22-12-7-5-11(6-8-12)10-16-14-15(19(20)21)18-9-3-2-4-13(18)17-14/h2-9,16H,10H2,1H3. The average Bonchev–Trinajstić information content (AvgIpc) is 2.92. The summed E-state index contributed by atoms with van der Waals surface area (Å²) in [5.74, 6) is 0.957. The minimum Gasteiger partial charge on any atom is -0.497 e. The molecule has 22 heavy (non-hydrogen) atoms. The van der Waals surface area contributed by atoms with Gasteiger partial charge in [-0.1, -0.05) is 18.2 Å². The zero-order chi connectivity index (χ0) is 15.5. The van der Waals surface area contributed by atoms with E-state index in [1.54, 1.807) is 31.5 Å². The fourth-order valence-electron chi connectivity index (χ4n) is 2.21. The number of pyridine rings is 1. The lowest BCUT2D eigenvalue weighted by molar-refractivity contribution is -0.389. The van der Waals surface area contributed by atoms with Gasteiger partial charge in [-0.25, -0.2) is 0 Å². The van der Waals surface area contributed by atoms with Gasteiger partial charge >= 0.3 is 5.82 Å². The number of hydrogen-bond acceptors (Lipinski definition) is 5. The highest BCUT2D eigenvalue weighted by Crippen LogP contribution is 2.25. The van der Waals surface area contributed by atoms with Crippen molar-refractivity contribution in [2.24, 2.45) is 0 Å². The molecule has 3 aromatic rings. The number of fused-ring (bicyclic) bond motifs is 1. The number of ether oxygens (including phenoxy) is 1. The summed E-state index contributed by atoms with van der Waals surface area (Å²) in [6.07, 6.45) is 1.62. The van der Waals surface area contributed by atoms with Crippen molar-refractivity contribution in [3.05, 3.63) is 64.3 Å². The minimum atomic E-state index is -0.434. The summed E-state index contributed by atoms with van der Waals surface area (Å²) in [7, 11) is 1.60. The van der Waals surface area contributed by atoms with Crippen LogP contribution >= 0.6 is 0 Å². The molecule has 0 amide bonds. The zero-order valence-corrected chi connectivity index (χ0v) is 11.9. The van der Waals surface area contributed by atoms with Gasteiger partial charge in [0.25, 0.3) is 0 Å². The van der Waals surface area contributed by atoms with Gasteiger partial charge in [-0.15, -0.1) is 0 Å². The number of benzene rings is 1. The van der Waals surface area contributed by atoms with Crippen LogP contribution in [-0.2, 0) is 6.54 Å². The van der Waals surface area contributed by atoms with Crippen LogP contribution in [0.25, 0.3) is 5.65 Å². The first-order valence-electron chi connectivity index (χ1n) is 6.67. The predicted molar refractivity (Wildman–Crippen MR) is 82.2 cm³/mol. The molecular weight excluding hydrogens is 284 g/mol. The molecule has 0 unspecified atom stereocenters.